The molecule has 3 N–H and O–H groups in total. The van der Waals surface area contributed by atoms with E-state index in [2.05, 4.69) is 20.6 Å². The zero-order valence-electron chi connectivity index (χ0n) is 10.3. The molecule has 8 nitrogen and oxygen atoms in total. The Kier molecular flexibility index (Phi) is 4.33. The number of nitrogens with zero attached hydrogens (tertiary/aromatic N) is 2. The molecule has 0 bridgehead atoms. The van der Waals surface area contributed by atoms with Crippen molar-refractivity contribution < 1.29 is 14.2 Å². The van der Waals surface area contributed by atoms with Gasteiger partial charge >= 0.3 is 12.1 Å². The first-order valence-corrected chi connectivity index (χ1v) is 5.18. The summed E-state index contributed by atoms with van der Waals surface area (Å²) in [6.45, 7) is 3.24. The highest BCUT2D eigenvalue weighted by molar-refractivity contribution is 5.87. The van der Waals surface area contributed by atoms with Crippen molar-refractivity contribution >= 4 is 18.1 Å². The monoisotopic (exact) mass is 252 g/mol. The molecule has 0 saturated carbocycles. The van der Waals surface area contributed by atoms with Crippen LogP contribution in [0.1, 0.15) is 12.6 Å². The van der Waals surface area contributed by atoms with Gasteiger partial charge < -0.3 is 0 Å². The molecule has 18 heavy (non-hydrogen) atoms. The van der Waals surface area contributed by atoms with E-state index in [-0.39, 0.29) is 11.5 Å². The van der Waals surface area contributed by atoms with Crippen LogP contribution in [0.15, 0.2) is 10.9 Å². The lowest BCUT2D eigenvalue weighted by Crippen LogP contribution is -2.42. The molecule has 0 aliphatic heterocycles. The molecule has 0 aliphatic carbocycles. The van der Waals surface area contributed by atoms with Gasteiger partial charge in [-0.3, -0.25) is 20.4 Å². The number of hydrogen-bond acceptors (Lipinski definition) is 4. The Morgan fingerprint density at radius 2 is 2.28 bits per heavy atom. The van der Waals surface area contributed by atoms with Crippen LogP contribution in [0.25, 0.3) is 0 Å². The minimum Gasteiger partial charge on any atom is -0.292 e. The van der Waals surface area contributed by atoms with E-state index < -0.39 is 12.2 Å². The summed E-state index contributed by atoms with van der Waals surface area (Å²) in [4.78, 5) is 39.3. The van der Waals surface area contributed by atoms with Crippen LogP contribution in [-0.4, -0.2) is 39.9 Å². The van der Waals surface area contributed by atoms with Crippen molar-refractivity contribution in [2.45, 2.75) is 20.0 Å². The van der Waals surface area contributed by atoms with E-state index in [0.29, 0.717) is 5.69 Å². The van der Waals surface area contributed by atoms with E-state index in [1.165, 1.54) is 13.1 Å². The number of aromatic amines is 1. The molecule has 1 aromatic rings. The minimum absolute atomic E-state index is 0.0439. The van der Waals surface area contributed by atoms with Crippen LogP contribution < -0.4 is 16.2 Å². The second kappa shape index (κ2) is 5.74. The number of carbonyl (C=O) groups excluding carboxylic acids is 2. The van der Waals surface area contributed by atoms with E-state index in [1.54, 1.807) is 19.9 Å². The highest BCUT2D eigenvalue weighted by Gasteiger charge is 2.15. The highest BCUT2D eigenvalue weighted by atomic mass is 16.2. The summed E-state index contributed by atoms with van der Waals surface area (Å²) in [5, 5.41) is 4.83. The number of aromatic nitrogens is 2. The summed E-state index contributed by atoms with van der Waals surface area (Å²) in [6.07, 6.45) is 1.09. The van der Waals surface area contributed by atoms with Crippen molar-refractivity contribution in [1.82, 2.24) is 15.3 Å². The summed E-state index contributed by atoms with van der Waals surface area (Å²) >= 11 is 0. The summed E-state index contributed by atoms with van der Waals surface area (Å²) < 4.78 is 1.16. The van der Waals surface area contributed by atoms with Crippen LogP contribution >= 0.6 is 0 Å². The van der Waals surface area contributed by atoms with Crippen LogP contribution in [0, 0.1) is 6.92 Å². The molecule has 8 heteroatoms. The summed E-state index contributed by atoms with van der Waals surface area (Å²) in [7, 11) is 1.48. The Hall–Kier alpha value is -2.47. The minimum atomic E-state index is -0.585. The number of rotatable bonds is 3. The number of isocyanates is 1. The van der Waals surface area contributed by atoms with E-state index in [1.807, 2.05) is 0 Å². The van der Waals surface area contributed by atoms with Crippen LogP contribution in [0.4, 0.5) is 10.7 Å². The van der Waals surface area contributed by atoms with E-state index in [9.17, 15) is 14.4 Å². The van der Waals surface area contributed by atoms with Crippen LogP contribution in [-0.2, 0) is 4.79 Å². The number of amides is 2. The number of urea groups is 1. The van der Waals surface area contributed by atoms with Gasteiger partial charge in [-0.2, -0.15) is 4.79 Å². The van der Waals surface area contributed by atoms with Crippen LogP contribution in [0.3, 0.4) is 0 Å². The fourth-order valence-corrected chi connectivity index (χ4v) is 1.15. The maximum Gasteiger partial charge on any atom is 0.425 e. The average molecular weight is 252 g/mol. The Balaban J connectivity index is 2.70. The first kappa shape index (κ1) is 13.6. The quantitative estimate of drug-likeness (QED) is 0.292. The van der Waals surface area contributed by atoms with E-state index in [4.69, 9.17) is 0 Å². The maximum absolute atomic E-state index is 11.5. The normalized spacial score (nSPS) is 11.3. The lowest BCUT2D eigenvalue weighted by atomic mass is 10.4. The van der Waals surface area contributed by atoms with Gasteiger partial charge in [-0.05, 0) is 6.92 Å². The van der Waals surface area contributed by atoms with Gasteiger partial charge in [-0.15, -0.1) is 4.58 Å². The predicted molar refractivity (Wildman–Crippen MR) is 63.1 cm³/mol. The molecule has 1 heterocycles. The molecule has 1 unspecified atom stereocenters. The summed E-state index contributed by atoms with van der Waals surface area (Å²) in [5.41, 5.74) is 0.129. The molecular formula is C10H14N5O3+. The molecule has 0 saturated heterocycles. The fraction of sp³-hybridized carbons (Fsp3) is 0.400. The van der Waals surface area contributed by atoms with Crippen molar-refractivity contribution in [1.29, 1.82) is 0 Å². The SMILES string of the molecule is Cc1cc(=O)[nH]c(NC(=O)NC(C)[N+](C)=C=O)n1. The third-order valence-electron chi connectivity index (χ3n) is 2.17. The maximum atomic E-state index is 11.5. The van der Waals surface area contributed by atoms with Gasteiger partial charge in [0.15, 0.2) is 0 Å². The zero-order chi connectivity index (χ0) is 13.7. The van der Waals surface area contributed by atoms with Gasteiger partial charge in [0.05, 0.1) is 0 Å². The number of nitrogens with one attached hydrogen (secondary N) is 3. The number of aryl methyl sites for hydroxylation is 1. The highest BCUT2D eigenvalue weighted by Crippen LogP contribution is 1.95. The van der Waals surface area contributed by atoms with Crippen molar-refractivity contribution in [3.63, 3.8) is 0 Å². The predicted octanol–water partition coefficient (Wildman–Crippen LogP) is -0.476. The summed E-state index contributed by atoms with van der Waals surface area (Å²) in [5.74, 6) is 0.0439. The van der Waals surface area contributed by atoms with E-state index >= 15 is 0 Å². The largest absolute Gasteiger partial charge is 0.425 e. The number of carbonyl (C=O) groups is 1. The number of anilines is 1. The number of H-pyrrole nitrogens is 1. The second-order valence-electron chi connectivity index (χ2n) is 3.71. The zero-order valence-corrected chi connectivity index (χ0v) is 10.3. The first-order chi connectivity index (χ1) is 8.42. The van der Waals surface area contributed by atoms with Gasteiger partial charge in [0.1, 0.15) is 7.05 Å². The Morgan fingerprint density at radius 3 is 2.83 bits per heavy atom. The molecule has 0 spiro atoms. The standard InChI is InChI=1S/C10H13N5O3/c1-6-4-8(17)13-9(11-6)14-10(18)12-7(2)15(3)5-16/h4,7H,1-3H3,(H2-,11,12,13,14,17,18)/p+1. The topological polar surface area (TPSA) is 107 Å². The lowest BCUT2D eigenvalue weighted by molar-refractivity contribution is -0.535. The van der Waals surface area contributed by atoms with Gasteiger partial charge in [0.2, 0.25) is 12.1 Å². The molecule has 0 aromatic carbocycles. The second-order valence-corrected chi connectivity index (χ2v) is 3.71. The smallest absolute Gasteiger partial charge is 0.292 e. The molecule has 1 rings (SSSR count). The van der Waals surface area contributed by atoms with Crippen molar-refractivity contribution in [3.05, 3.63) is 22.1 Å². The Morgan fingerprint density at radius 1 is 1.61 bits per heavy atom. The summed E-state index contributed by atoms with van der Waals surface area (Å²) in [6, 6.07) is 0.722. The fourth-order valence-electron chi connectivity index (χ4n) is 1.15. The Bertz CT molecular complexity index is 559. The molecule has 2 amide bonds. The molecule has 1 aromatic heterocycles. The number of hydrogen-bond donors (Lipinski definition) is 3. The first-order valence-electron chi connectivity index (χ1n) is 5.18. The lowest BCUT2D eigenvalue weighted by Gasteiger charge is -2.08. The van der Waals surface area contributed by atoms with Gasteiger partial charge in [0, 0.05) is 18.7 Å². The third-order valence-corrected chi connectivity index (χ3v) is 2.17. The van der Waals surface area contributed by atoms with Gasteiger partial charge in [-0.1, -0.05) is 0 Å². The van der Waals surface area contributed by atoms with Crippen LogP contribution in [0.2, 0.25) is 0 Å². The molecule has 0 aliphatic rings. The Labute approximate surface area is 103 Å². The third kappa shape index (κ3) is 3.84. The average Bonchev–Trinajstić information content (AvgIpc) is 2.25. The van der Waals surface area contributed by atoms with E-state index in [0.717, 1.165) is 4.58 Å². The van der Waals surface area contributed by atoms with Gasteiger partial charge in [-0.25, -0.2) is 9.78 Å². The molecular weight excluding hydrogens is 238 g/mol. The molecule has 1 atom stereocenters. The van der Waals surface area contributed by atoms with Crippen molar-refractivity contribution in [2.75, 3.05) is 12.4 Å². The van der Waals surface area contributed by atoms with Crippen molar-refractivity contribution in [2.24, 2.45) is 0 Å². The van der Waals surface area contributed by atoms with Gasteiger partial charge in [0.25, 0.3) is 5.56 Å². The van der Waals surface area contributed by atoms with Crippen molar-refractivity contribution in [3.8, 4) is 0 Å². The molecule has 0 fully saturated rings. The molecule has 0 radical (unpaired) electrons. The van der Waals surface area contributed by atoms with Crippen LogP contribution in [0.5, 0.6) is 0 Å². The molecule has 96 valence electrons.